The molecule has 0 radical (unpaired) electrons. The van der Waals surface area contributed by atoms with Gasteiger partial charge in [-0.25, -0.2) is 0 Å². The fraction of sp³-hybridized carbons (Fsp3) is 0.700. The SMILES string of the molecule is CCN1CCN(CCOc2cccc(B3OC(C)(C)C(C)(C)O3)c2)CC1. The summed E-state index contributed by atoms with van der Waals surface area (Å²) in [5.74, 6) is 0.879. The molecule has 0 aliphatic carbocycles. The van der Waals surface area contributed by atoms with Crippen LogP contribution < -0.4 is 10.2 Å². The molecule has 0 bridgehead atoms. The maximum Gasteiger partial charge on any atom is 0.494 e. The molecule has 2 aliphatic rings. The molecule has 0 atom stereocenters. The Kier molecular flexibility index (Phi) is 5.97. The standard InChI is InChI=1S/C20H33BN2O3/c1-6-22-10-12-23(13-11-22)14-15-24-18-9-7-8-17(16-18)21-25-19(2,3)20(4,5)26-21/h7-9,16H,6,10-15H2,1-5H3. The van der Waals surface area contributed by atoms with Gasteiger partial charge in [-0.1, -0.05) is 19.1 Å². The second-order valence-corrected chi connectivity index (χ2v) is 8.29. The zero-order valence-electron chi connectivity index (χ0n) is 17.0. The van der Waals surface area contributed by atoms with Gasteiger partial charge in [0.05, 0.1) is 11.2 Å². The highest BCUT2D eigenvalue weighted by molar-refractivity contribution is 6.62. The van der Waals surface area contributed by atoms with Crippen LogP contribution in [0.2, 0.25) is 0 Å². The maximum atomic E-state index is 6.13. The molecule has 5 nitrogen and oxygen atoms in total. The average Bonchev–Trinajstić information content (AvgIpc) is 2.84. The predicted molar refractivity (Wildman–Crippen MR) is 106 cm³/mol. The highest BCUT2D eigenvalue weighted by atomic mass is 16.7. The number of likely N-dealkylation sites (N-methyl/N-ethyl adjacent to an activating group) is 1. The first-order chi connectivity index (χ1) is 12.3. The monoisotopic (exact) mass is 360 g/mol. The highest BCUT2D eigenvalue weighted by Gasteiger charge is 2.51. The van der Waals surface area contributed by atoms with E-state index in [2.05, 4.69) is 44.4 Å². The van der Waals surface area contributed by atoms with Crippen molar-refractivity contribution in [1.82, 2.24) is 9.80 Å². The first-order valence-electron chi connectivity index (χ1n) is 9.84. The average molecular weight is 360 g/mol. The van der Waals surface area contributed by atoms with Gasteiger partial charge in [0.15, 0.2) is 0 Å². The largest absolute Gasteiger partial charge is 0.494 e. The molecular weight excluding hydrogens is 327 g/mol. The lowest BCUT2D eigenvalue weighted by atomic mass is 9.79. The molecule has 0 saturated carbocycles. The van der Waals surface area contributed by atoms with Crippen molar-refractivity contribution in [3.8, 4) is 5.75 Å². The van der Waals surface area contributed by atoms with Gasteiger partial charge in [0, 0.05) is 32.7 Å². The molecule has 0 N–H and O–H groups in total. The van der Waals surface area contributed by atoms with E-state index in [1.54, 1.807) is 0 Å². The number of nitrogens with zero attached hydrogens (tertiary/aromatic N) is 2. The summed E-state index contributed by atoms with van der Waals surface area (Å²) < 4.78 is 18.3. The predicted octanol–water partition coefficient (Wildman–Crippen LogP) is 2.00. The third-order valence-electron chi connectivity index (χ3n) is 5.97. The molecule has 26 heavy (non-hydrogen) atoms. The maximum absolute atomic E-state index is 6.13. The van der Waals surface area contributed by atoms with Crippen LogP contribution in [0.4, 0.5) is 0 Å². The molecule has 1 aromatic rings. The summed E-state index contributed by atoms with van der Waals surface area (Å²) in [6, 6.07) is 8.09. The van der Waals surface area contributed by atoms with Crippen LogP contribution in [0.3, 0.4) is 0 Å². The van der Waals surface area contributed by atoms with E-state index >= 15 is 0 Å². The Morgan fingerprint density at radius 1 is 1.00 bits per heavy atom. The summed E-state index contributed by atoms with van der Waals surface area (Å²) in [5.41, 5.74) is 0.363. The van der Waals surface area contributed by atoms with E-state index in [-0.39, 0.29) is 18.3 Å². The zero-order valence-corrected chi connectivity index (χ0v) is 17.0. The van der Waals surface area contributed by atoms with Crippen molar-refractivity contribution in [1.29, 1.82) is 0 Å². The Morgan fingerprint density at radius 3 is 2.23 bits per heavy atom. The van der Waals surface area contributed by atoms with Crippen LogP contribution >= 0.6 is 0 Å². The molecule has 2 aliphatic heterocycles. The van der Waals surface area contributed by atoms with Gasteiger partial charge in [0.25, 0.3) is 0 Å². The first kappa shape index (κ1) is 19.7. The van der Waals surface area contributed by atoms with E-state index in [1.165, 1.54) is 0 Å². The molecule has 144 valence electrons. The van der Waals surface area contributed by atoms with Crippen LogP contribution in [0.1, 0.15) is 34.6 Å². The molecule has 1 aromatic carbocycles. The quantitative estimate of drug-likeness (QED) is 0.725. The van der Waals surface area contributed by atoms with E-state index < -0.39 is 0 Å². The molecule has 0 aromatic heterocycles. The number of ether oxygens (including phenoxy) is 1. The molecule has 6 heteroatoms. The van der Waals surface area contributed by atoms with Gasteiger partial charge in [-0.05, 0) is 51.8 Å². The zero-order chi connectivity index (χ0) is 18.8. The summed E-state index contributed by atoms with van der Waals surface area (Å²) in [6.45, 7) is 17.9. The summed E-state index contributed by atoms with van der Waals surface area (Å²) in [7, 11) is -0.342. The lowest BCUT2D eigenvalue weighted by Crippen LogP contribution is -2.47. The van der Waals surface area contributed by atoms with Crippen LogP contribution in [0.15, 0.2) is 24.3 Å². The summed E-state index contributed by atoms with van der Waals surface area (Å²) in [6.07, 6.45) is 0. The number of piperazine rings is 1. The molecule has 0 unspecified atom stereocenters. The summed E-state index contributed by atoms with van der Waals surface area (Å²) >= 11 is 0. The van der Waals surface area contributed by atoms with Crippen LogP contribution in [0.5, 0.6) is 5.75 Å². The van der Waals surface area contributed by atoms with Gasteiger partial charge in [-0.2, -0.15) is 0 Å². The van der Waals surface area contributed by atoms with Gasteiger partial charge in [0.2, 0.25) is 0 Å². The molecular formula is C20H33BN2O3. The topological polar surface area (TPSA) is 34.2 Å². The fourth-order valence-corrected chi connectivity index (χ4v) is 3.35. The number of hydrogen-bond donors (Lipinski definition) is 0. The third kappa shape index (κ3) is 4.42. The third-order valence-corrected chi connectivity index (χ3v) is 5.97. The van der Waals surface area contributed by atoms with E-state index in [4.69, 9.17) is 14.0 Å². The van der Waals surface area contributed by atoms with Gasteiger partial charge < -0.3 is 18.9 Å². The van der Waals surface area contributed by atoms with E-state index in [0.717, 1.165) is 50.5 Å². The van der Waals surface area contributed by atoms with E-state index in [0.29, 0.717) is 6.61 Å². The Hall–Kier alpha value is -1.08. The minimum atomic E-state index is -0.342. The second-order valence-electron chi connectivity index (χ2n) is 8.29. The lowest BCUT2D eigenvalue weighted by Gasteiger charge is -2.33. The van der Waals surface area contributed by atoms with E-state index in [9.17, 15) is 0 Å². The Balaban J connectivity index is 1.51. The van der Waals surface area contributed by atoms with Crippen LogP contribution in [0, 0.1) is 0 Å². The highest BCUT2D eigenvalue weighted by Crippen LogP contribution is 2.36. The van der Waals surface area contributed by atoms with Crippen molar-refractivity contribution < 1.29 is 14.0 Å². The lowest BCUT2D eigenvalue weighted by molar-refractivity contribution is 0.00578. The molecule has 0 spiro atoms. The van der Waals surface area contributed by atoms with Crippen molar-refractivity contribution in [2.24, 2.45) is 0 Å². The number of rotatable bonds is 6. The number of hydrogen-bond acceptors (Lipinski definition) is 5. The molecule has 2 saturated heterocycles. The van der Waals surface area contributed by atoms with Crippen molar-refractivity contribution >= 4 is 12.6 Å². The van der Waals surface area contributed by atoms with Gasteiger partial charge in [0.1, 0.15) is 12.4 Å². The fourth-order valence-electron chi connectivity index (χ4n) is 3.35. The van der Waals surface area contributed by atoms with Crippen LogP contribution in [-0.2, 0) is 9.31 Å². The van der Waals surface area contributed by atoms with Crippen molar-refractivity contribution in [2.45, 2.75) is 45.8 Å². The van der Waals surface area contributed by atoms with Crippen molar-refractivity contribution in [2.75, 3.05) is 45.9 Å². The Labute approximate surface area is 158 Å². The van der Waals surface area contributed by atoms with E-state index in [1.807, 2.05) is 24.3 Å². The summed E-state index contributed by atoms with van der Waals surface area (Å²) in [5, 5.41) is 0. The second kappa shape index (κ2) is 7.89. The van der Waals surface area contributed by atoms with Gasteiger partial charge in [-0.3, -0.25) is 4.90 Å². The summed E-state index contributed by atoms with van der Waals surface area (Å²) in [4.78, 5) is 4.97. The van der Waals surface area contributed by atoms with Crippen molar-refractivity contribution in [3.63, 3.8) is 0 Å². The van der Waals surface area contributed by atoms with Crippen LogP contribution in [0.25, 0.3) is 0 Å². The Morgan fingerprint density at radius 2 is 1.62 bits per heavy atom. The smallest absolute Gasteiger partial charge is 0.492 e. The van der Waals surface area contributed by atoms with Gasteiger partial charge in [-0.15, -0.1) is 0 Å². The van der Waals surface area contributed by atoms with Crippen LogP contribution in [-0.4, -0.2) is 74.0 Å². The molecule has 2 fully saturated rings. The minimum Gasteiger partial charge on any atom is -0.492 e. The normalized spacial score (nSPS) is 23.3. The van der Waals surface area contributed by atoms with Crippen molar-refractivity contribution in [3.05, 3.63) is 24.3 Å². The number of benzene rings is 1. The molecule has 3 rings (SSSR count). The minimum absolute atomic E-state index is 0.324. The Bertz CT molecular complexity index is 584. The molecule has 2 heterocycles. The van der Waals surface area contributed by atoms with Gasteiger partial charge >= 0.3 is 7.12 Å². The first-order valence-corrected chi connectivity index (χ1v) is 9.84. The molecule has 0 amide bonds.